The number of ketones is 2. The molecule has 4 rings (SSSR count). The lowest BCUT2D eigenvalue weighted by molar-refractivity contribution is -0.155. The van der Waals surface area contributed by atoms with Gasteiger partial charge in [-0.25, -0.2) is 0 Å². The standard InChI is InChI=1S/C20H26O4/c1-19-8-7-12(21)9-11(19)3-4-13-14-5-6-15(18(23)24)20(14,2)10-16(22)17(13)19/h9,13-15,17H,3-8,10H2,1-2H3,(H,23,24)/t13-,14-,15?,17-,19-,20-/m0/s1. The van der Waals surface area contributed by atoms with Crippen LogP contribution >= 0.6 is 0 Å². The van der Waals surface area contributed by atoms with Crippen molar-refractivity contribution in [2.45, 2.75) is 58.8 Å². The SMILES string of the molecule is C[C@]12CCC(=O)C=C1CC[C@@H]1[C@H]2C(=O)C[C@]2(C)C(C(=O)O)CC[C@@H]12. The van der Waals surface area contributed by atoms with E-state index in [4.69, 9.17) is 0 Å². The zero-order valence-corrected chi connectivity index (χ0v) is 14.5. The number of hydrogen-bond acceptors (Lipinski definition) is 3. The molecule has 3 fully saturated rings. The molecule has 4 aliphatic rings. The predicted molar refractivity (Wildman–Crippen MR) is 88.2 cm³/mol. The van der Waals surface area contributed by atoms with Gasteiger partial charge in [-0.15, -0.1) is 0 Å². The molecule has 24 heavy (non-hydrogen) atoms. The van der Waals surface area contributed by atoms with Crippen molar-refractivity contribution in [1.29, 1.82) is 0 Å². The van der Waals surface area contributed by atoms with E-state index in [2.05, 4.69) is 6.92 Å². The molecule has 6 atom stereocenters. The third-order valence-corrected chi connectivity index (χ3v) is 7.95. The number of rotatable bonds is 1. The van der Waals surface area contributed by atoms with Crippen LogP contribution in [0.25, 0.3) is 0 Å². The molecule has 0 heterocycles. The van der Waals surface area contributed by atoms with E-state index >= 15 is 0 Å². The normalized spacial score (nSPS) is 47.5. The molecular weight excluding hydrogens is 304 g/mol. The van der Waals surface area contributed by atoms with Crippen LogP contribution in [0.5, 0.6) is 0 Å². The quantitative estimate of drug-likeness (QED) is 0.800. The molecule has 4 aliphatic carbocycles. The number of fused-ring (bicyclic) bond motifs is 5. The number of Topliss-reactive ketones (excluding diaryl/α,β-unsaturated/α-hetero) is 1. The molecule has 4 nitrogen and oxygen atoms in total. The predicted octanol–water partition coefficient (Wildman–Crippen LogP) is 3.40. The Labute approximate surface area is 142 Å². The van der Waals surface area contributed by atoms with Crippen LogP contribution in [-0.4, -0.2) is 22.6 Å². The highest BCUT2D eigenvalue weighted by atomic mass is 16.4. The van der Waals surface area contributed by atoms with Gasteiger partial charge in [0.15, 0.2) is 5.78 Å². The molecule has 0 aromatic heterocycles. The first-order valence-electron chi connectivity index (χ1n) is 9.27. The summed E-state index contributed by atoms with van der Waals surface area (Å²) in [6, 6.07) is 0. The Kier molecular flexibility index (Phi) is 3.36. The van der Waals surface area contributed by atoms with Crippen LogP contribution in [-0.2, 0) is 14.4 Å². The van der Waals surface area contributed by atoms with Crippen LogP contribution < -0.4 is 0 Å². The Balaban J connectivity index is 1.74. The van der Waals surface area contributed by atoms with Crippen LogP contribution in [0.15, 0.2) is 11.6 Å². The largest absolute Gasteiger partial charge is 0.481 e. The van der Waals surface area contributed by atoms with Crippen LogP contribution in [0.4, 0.5) is 0 Å². The summed E-state index contributed by atoms with van der Waals surface area (Å²) in [7, 11) is 0. The summed E-state index contributed by atoms with van der Waals surface area (Å²) in [5, 5.41) is 9.61. The average molecular weight is 330 g/mol. The van der Waals surface area contributed by atoms with E-state index in [1.165, 1.54) is 5.57 Å². The van der Waals surface area contributed by atoms with Crippen molar-refractivity contribution >= 4 is 17.5 Å². The average Bonchev–Trinajstić information content (AvgIpc) is 2.84. The third-order valence-electron chi connectivity index (χ3n) is 7.95. The topological polar surface area (TPSA) is 71.4 Å². The van der Waals surface area contributed by atoms with E-state index in [0.29, 0.717) is 25.2 Å². The first-order valence-corrected chi connectivity index (χ1v) is 9.27. The summed E-state index contributed by atoms with van der Waals surface area (Å²) >= 11 is 0. The van der Waals surface area contributed by atoms with E-state index in [-0.39, 0.29) is 40.2 Å². The number of aliphatic carboxylic acids is 1. The minimum Gasteiger partial charge on any atom is -0.481 e. The van der Waals surface area contributed by atoms with Crippen LogP contribution in [0.2, 0.25) is 0 Å². The molecule has 0 aromatic rings. The molecule has 1 N–H and O–H groups in total. The monoisotopic (exact) mass is 330 g/mol. The van der Waals surface area contributed by atoms with Crippen LogP contribution in [0, 0.1) is 34.5 Å². The number of carbonyl (C=O) groups excluding carboxylic acids is 2. The minimum absolute atomic E-state index is 0.0174. The molecule has 0 bridgehead atoms. The summed E-state index contributed by atoms with van der Waals surface area (Å²) in [6.07, 6.45) is 6.95. The number of carbonyl (C=O) groups is 3. The highest BCUT2D eigenvalue weighted by molar-refractivity contribution is 5.93. The summed E-state index contributed by atoms with van der Waals surface area (Å²) in [5.41, 5.74) is 0.604. The van der Waals surface area contributed by atoms with Gasteiger partial charge >= 0.3 is 5.97 Å². The van der Waals surface area contributed by atoms with Gasteiger partial charge in [0, 0.05) is 18.8 Å². The Morgan fingerprint density at radius 3 is 2.62 bits per heavy atom. The summed E-state index contributed by atoms with van der Waals surface area (Å²) < 4.78 is 0. The third kappa shape index (κ3) is 1.94. The highest BCUT2D eigenvalue weighted by Crippen LogP contribution is 2.65. The van der Waals surface area contributed by atoms with Gasteiger partial charge in [-0.1, -0.05) is 19.4 Å². The lowest BCUT2D eigenvalue weighted by Crippen LogP contribution is -2.55. The second kappa shape index (κ2) is 5.03. The molecule has 0 spiro atoms. The number of carboxylic acids is 1. The maximum Gasteiger partial charge on any atom is 0.307 e. The highest BCUT2D eigenvalue weighted by Gasteiger charge is 2.63. The second-order valence-electron chi connectivity index (χ2n) is 8.96. The second-order valence-corrected chi connectivity index (χ2v) is 8.96. The van der Waals surface area contributed by atoms with Crippen molar-refractivity contribution in [1.82, 2.24) is 0 Å². The molecule has 0 radical (unpaired) electrons. The zero-order chi connectivity index (χ0) is 17.3. The van der Waals surface area contributed by atoms with Crippen molar-refractivity contribution in [2.24, 2.45) is 34.5 Å². The molecule has 0 aliphatic heterocycles. The van der Waals surface area contributed by atoms with Gasteiger partial charge in [0.2, 0.25) is 0 Å². The summed E-state index contributed by atoms with van der Waals surface area (Å²) in [5.74, 6) is -0.0816. The maximum atomic E-state index is 13.2. The Bertz CT molecular complexity index is 663. The lowest BCUT2D eigenvalue weighted by atomic mass is 9.46. The Morgan fingerprint density at radius 2 is 1.92 bits per heavy atom. The molecule has 3 saturated carbocycles. The van der Waals surface area contributed by atoms with Crippen molar-refractivity contribution in [2.75, 3.05) is 0 Å². The number of allylic oxidation sites excluding steroid dienone is 1. The van der Waals surface area contributed by atoms with Gasteiger partial charge in [-0.3, -0.25) is 14.4 Å². The molecular formula is C20H26O4. The van der Waals surface area contributed by atoms with E-state index in [9.17, 15) is 19.5 Å². The van der Waals surface area contributed by atoms with E-state index < -0.39 is 5.97 Å². The van der Waals surface area contributed by atoms with Crippen LogP contribution in [0.3, 0.4) is 0 Å². The molecule has 4 heteroatoms. The number of hydrogen-bond donors (Lipinski definition) is 1. The van der Waals surface area contributed by atoms with Crippen molar-refractivity contribution in [3.8, 4) is 0 Å². The zero-order valence-electron chi connectivity index (χ0n) is 14.5. The smallest absolute Gasteiger partial charge is 0.307 e. The summed E-state index contributed by atoms with van der Waals surface area (Å²) in [6.45, 7) is 4.21. The molecule has 130 valence electrons. The Morgan fingerprint density at radius 1 is 1.17 bits per heavy atom. The summed E-state index contributed by atoms with van der Waals surface area (Å²) in [4.78, 5) is 36.7. The molecule has 0 saturated heterocycles. The van der Waals surface area contributed by atoms with Gasteiger partial charge in [0.25, 0.3) is 0 Å². The van der Waals surface area contributed by atoms with Crippen LogP contribution in [0.1, 0.15) is 58.8 Å². The van der Waals surface area contributed by atoms with E-state index in [1.807, 2.05) is 6.92 Å². The minimum atomic E-state index is -0.739. The fraction of sp³-hybridized carbons (Fsp3) is 0.750. The van der Waals surface area contributed by atoms with Gasteiger partial charge in [-0.2, -0.15) is 0 Å². The van der Waals surface area contributed by atoms with Gasteiger partial charge in [0.05, 0.1) is 5.92 Å². The van der Waals surface area contributed by atoms with Crippen molar-refractivity contribution < 1.29 is 19.5 Å². The molecule has 0 amide bonds. The molecule has 1 unspecified atom stereocenters. The van der Waals surface area contributed by atoms with Gasteiger partial charge < -0.3 is 5.11 Å². The Hall–Kier alpha value is -1.45. The van der Waals surface area contributed by atoms with Gasteiger partial charge in [0.1, 0.15) is 5.78 Å². The number of carboxylic acid groups (broad SMARTS) is 1. The first kappa shape index (κ1) is 16.0. The first-order chi connectivity index (χ1) is 11.3. The van der Waals surface area contributed by atoms with Crippen molar-refractivity contribution in [3.63, 3.8) is 0 Å². The molecule has 0 aromatic carbocycles. The van der Waals surface area contributed by atoms with Crippen molar-refractivity contribution in [3.05, 3.63) is 11.6 Å². The van der Waals surface area contributed by atoms with Gasteiger partial charge in [-0.05, 0) is 60.8 Å². The maximum absolute atomic E-state index is 13.2. The lowest BCUT2D eigenvalue weighted by Gasteiger charge is -2.56. The van der Waals surface area contributed by atoms with E-state index in [0.717, 1.165) is 25.7 Å². The van der Waals surface area contributed by atoms with E-state index in [1.54, 1.807) is 6.08 Å². The fourth-order valence-corrected chi connectivity index (χ4v) is 6.79. The fourth-order valence-electron chi connectivity index (χ4n) is 6.79.